The Hall–Kier alpha value is -1.53. The van der Waals surface area contributed by atoms with Crippen molar-refractivity contribution in [3.63, 3.8) is 0 Å². The minimum absolute atomic E-state index is 0. The predicted octanol–water partition coefficient (Wildman–Crippen LogP) is 3.09. The molecule has 0 radical (unpaired) electrons. The van der Waals surface area contributed by atoms with Crippen LogP contribution in [-0.4, -0.2) is 31.2 Å². The maximum atomic E-state index is 12.8. The summed E-state index contributed by atoms with van der Waals surface area (Å²) >= 11 is 0. The fraction of sp³-hybridized carbons (Fsp3) is 0.357. The summed E-state index contributed by atoms with van der Waals surface area (Å²) in [5.41, 5.74) is 0.783. The number of anilines is 1. The molecule has 0 aliphatic carbocycles. The third-order valence-electron chi connectivity index (χ3n) is 3.50. The van der Waals surface area contributed by atoms with Crippen LogP contribution in [0.4, 0.5) is 18.9 Å². The van der Waals surface area contributed by atoms with Crippen LogP contribution in [0.25, 0.3) is 10.9 Å². The van der Waals surface area contributed by atoms with Crippen LogP contribution in [0.2, 0.25) is 0 Å². The van der Waals surface area contributed by atoms with Gasteiger partial charge in [0.2, 0.25) is 0 Å². The highest BCUT2D eigenvalue weighted by atomic mass is 35.5. The first-order valence-electron chi connectivity index (χ1n) is 6.47. The Kier molecular flexibility index (Phi) is 4.58. The van der Waals surface area contributed by atoms with E-state index in [1.54, 1.807) is 12.3 Å². The first-order chi connectivity index (χ1) is 9.55. The van der Waals surface area contributed by atoms with E-state index in [1.165, 1.54) is 12.1 Å². The third-order valence-corrected chi connectivity index (χ3v) is 3.50. The molecule has 0 spiro atoms. The summed E-state index contributed by atoms with van der Waals surface area (Å²) in [6.45, 7) is 3.25. The first-order valence-corrected chi connectivity index (χ1v) is 6.47. The zero-order chi connectivity index (χ0) is 14.2. The lowest BCUT2D eigenvalue weighted by Gasteiger charge is -2.30. The van der Waals surface area contributed by atoms with Crippen LogP contribution in [0.15, 0.2) is 30.5 Å². The highest BCUT2D eigenvalue weighted by Crippen LogP contribution is 2.34. The van der Waals surface area contributed by atoms with Crippen LogP contribution in [0.1, 0.15) is 5.56 Å². The molecule has 1 aliphatic heterocycles. The molecular formula is C14H15ClF3N3. The van der Waals surface area contributed by atoms with Gasteiger partial charge in [-0.1, -0.05) is 0 Å². The van der Waals surface area contributed by atoms with E-state index >= 15 is 0 Å². The first kappa shape index (κ1) is 15.9. The van der Waals surface area contributed by atoms with Gasteiger partial charge < -0.3 is 10.2 Å². The lowest BCUT2D eigenvalue weighted by atomic mass is 10.1. The van der Waals surface area contributed by atoms with Gasteiger partial charge in [-0.3, -0.25) is 4.98 Å². The van der Waals surface area contributed by atoms with E-state index < -0.39 is 11.7 Å². The molecule has 1 aromatic carbocycles. The maximum absolute atomic E-state index is 12.8. The fourth-order valence-corrected chi connectivity index (χ4v) is 2.49. The van der Waals surface area contributed by atoms with Gasteiger partial charge in [-0.05, 0) is 24.3 Å². The van der Waals surface area contributed by atoms with E-state index in [1.807, 2.05) is 0 Å². The van der Waals surface area contributed by atoms with Gasteiger partial charge in [-0.15, -0.1) is 12.4 Å². The van der Waals surface area contributed by atoms with Gasteiger partial charge >= 0.3 is 6.18 Å². The molecule has 0 saturated carbocycles. The largest absolute Gasteiger partial charge is 0.416 e. The van der Waals surface area contributed by atoms with Crippen molar-refractivity contribution < 1.29 is 13.2 Å². The van der Waals surface area contributed by atoms with Gasteiger partial charge in [-0.25, -0.2) is 0 Å². The molecule has 1 fully saturated rings. The van der Waals surface area contributed by atoms with Crippen LogP contribution >= 0.6 is 12.4 Å². The van der Waals surface area contributed by atoms with Crippen molar-refractivity contribution in [1.82, 2.24) is 10.3 Å². The van der Waals surface area contributed by atoms with Crippen LogP contribution in [-0.2, 0) is 6.18 Å². The van der Waals surface area contributed by atoms with Crippen molar-refractivity contribution >= 4 is 29.0 Å². The summed E-state index contributed by atoms with van der Waals surface area (Å²) in [5, 5.41) is 3.79. The van der Waals surface area contributed by atoms with Gasteiger partial charge in [0.25, 0.3) is 0 Å². The van der Waals surface area contributed by atoms with Crippen molar-refractivity contribution in [3.05, 3.63) is 36.0 Å². The maximum Gasteiger partial charge on any atom is 0.416 e. The second-order valence-electron chi connectivity index (χ2n) is 4.80. The second kappa shape index (κ2) is 6.07. The van der Waals surface area contributed by atoms with Crippen molar-refractivity contribution in [2.45, 2.75) is 6.18 Å². The Balaban J connectivity index is 0.00000161. The molecule has 2 aromatic rings. The molecular weight excluding hydrogens is 303 g/mol. The van der Waals surface area contributed by atoms with E-state index in [0.29, 0.717) is 10.9 Å². The predicted molar refractivity (Wildman–Crippen MR) is 79.1 cm³/mol. The number of halogens is 4. The molecule has 2 heterocycles. The molecule has 3 rings (SSSR count). The van der Waals surface area contributed by atoms with E-state index in [4.69, 9.17) is 0 Å². The molecule has 1 aromatic heterocycles. The second-order valence-corrected chi connectivity index (χ2v) is 4.80. The molecule has 1 saturated heterocycles. The van der Waals surface area contributed by atoms with Crippen LogP contribution in [0, 0.1) is 0 Å². The van der Waals surface area contributed by atoms with Gasteiger partial charge in [0, 0.05) is 43.4 Å². The van der Waals surface area contributed by atoms with E-state index in [0.717, 1.165) is 37.9 Å². The van der Waals surface area contributed by atoms with Crippen LogP contribution < -0.4 is 10.2 Å². The molecule has 114 valence electrons. The number of hydrogen-bond acceptors (Lipinski definition) is 3. The summed E-state index contributed by atoms with van der Waals surface area (Å²) in [6.07, 6.45) is -2.68. The summed E-state index contributed by atoms with van der Waals surface area (Å²) in [6, 6.07) is 5.49. The minimum Gasteiger partial charge on any atom is -0.368 e. The number of alkyl halides is 3. The SMILES string of the molecule is Cl.FC(F)(F)c1ccc2nccc(N3CCNCC3)c2c1. The zero-order valence-electron chi connectivity index (χ0n) is 11.2. The Morgan fingerprint density at radius 3 is 2.48 bits per heavy atom. The van der Waals surface area contributed by atoms with Crippen LogP contribution in [0.5, 0.6) is 0 Å². The Labute approximate surface area is 126 Å². The minimum atomic E-state index is -4.33. The van der Waals surface area contributed by atoms with Crippen molar-refractivity contribution in [2.75, 3.05) is 31.1 Å². The van der Waals surface area contributed by atoms with Gasteiger partial charge in [-0.2, -0.15) is 13.2 Å². The summed E-state index contributed by atoms with van der Waals surface area (Å²) < 4.78 is 38.5. The van der Waals surface area contributed by atoms with Gasteiger partial charge in [0.05, 0.1) is 11.1 Å². The molecule has 1 N–H and O–H groups in total. The fourth-order valence-electron chi connectivity index (χ4n) is 2.49. The Morgan fingerprint density at radius 1 is 1.10 bits per heavy atom. The molecule has 0 amide bonds. The molecule has 0 bridgehead atoms. The summed E-state index contributed by atoms with van der Waals surface area (Å²) in [5.74, 6) is 0. The molecule has 3 nitrogen and oxygen atoms in total. The van der Waals surface area contributed by atoms with E-state index in [9.17, 15) is 13.2 Å². The number of rotatable bonds is 1. The monoisotopic (exact) mass is 317 g/mol. The number of piperazine rings is 1. The average molecular weight is 318 g/mol. The van der Waals surface area contributed by atoms with Gasteiger partial charge in [0.1, 0.15) is 0 Å². The quantitative estimate of drug-likeness (QED) is 0.876. The molecule has 1 aliphatic rings. The molecule has 0 atom stereocenters. The normalized spacial score (nSPS) is 15.9. The van der Waals surface area contributed by atoms with Crippen molar-refractivity contribution in [3.8, 4) is 0 Å². The third kappa shape index (κ3) is 3.22. The zero-order valence-corrected chi connectivity index (χ0v) is 12.0. The lowest BCUT2D eigenvalue weighted by Crippen LogP contribution is -2.43. The average Bonchev–Trinajstić information content (AvgIpc) is 2.46. The number of nitrogens with one attached hydrogen (secondary N) is 1. The highest BCUT2D eigenvalue weighted by Gasteiger charge is 2.31. The molecule has 0 unspecified atom stereocenters. The van der Waals surface area contributed by atoms with Crippen molar-refractivity contribution in [2.24, 2.45) is 0 Å². The number of fused-ring (bicyclic) bond motifs is 1. The smallest absolute Gasteiger partial charge is 0.368 e. The van der Waals surface area contributed by atoms with Gasteiger partial charge in [0.15, 0.2) is 0 Å². The highest BCUT2D eigenvalue weighted by molar-refractivity contribution is 5.92. The van der Waals surface area contributed by atoms with E-state index in [2.05, 4.69) is 15.2 Å². The number of nitrogens with zero attached hydrogens (tertiary/aromatic N) is 2. The Bertz CT molecular complexity index is 624. The molecule has 21 heavy (non-hydrogen) atoms. The van der Waals surface area contributed by atoms with Crippen LogP contribution in [0.3, 0.4) is 0 Å². The molecule has 7 heteroatoms. The summed E-state index contributed by atoms with van der Waals surface area (Å²) in [7, 11) is 0. The summed E-state index contributed by atoms with van der Waals surface area (Å²) in [4.78, 5) is 6.25. The number of hydrogen-bond donors (Lipinski definition) is 1. The number of benzene rings is 1. The number of aromatic nitrogens is 1. The van der Waals surface area contributed by atoms with Crippen molar-refractivity contribution in [1.29, 1.82) is 0 Å². The lowest BCUT2D eigenvalue weighted by molar-refractivity contribution is -0.137. The topological polar surface area (TPSA) is 28.2 Å². The standard InChI is InChI=1S/C14H14F3N3.ClH/c15-14(16,17)10-1-2-12-11(9-10)13(3-4-19-12)20-7-5-18-6-8-20;/h1-4,9,18H,5-8H2;1H. The van der Waals surface area contributed by atoms with E-state index in [-0.39, 0.29) is 12.4 Å². The Morgan fingerprint density at radius 2 is 1.81 bits per heavy atom. The number of pyridine rings is 1.